The zero-order chi connectivity index (χ0) is 22.0. The fraction of sp³-hybridized carbons (Fsp3) is 0.217. The summed E-state index contributed by atoms with van der Waals surface area (Å²) in [4.78, 5) is 32.8. The van der Waals surface area contributed by atoms with Gasteiger partial charge in [-0.25, -0.2) is 4.98 Å². The molecule has 0 bridgehead atoms. The lowest BCUT2D eigenvalue weighted by Crippen LogP contribution is -2.27. The van der Waals surface area contributed by atoms with E-state index in [2.05, 4.69) is 10.3 Å². The van der Waals surface area contributed by atoms with Crippen LogP contribution in [0.4, 0.5) is 5.82 Å². The molecule has 1 saturated heterocycles. The number of nitrogens with zero attached hydrogens (tertiary/aromatic N) is 3. The van der Waals surface area contributed by atoms with E-state index >= 15 is 0 Å². The van der Waals surface area contributed by atoms with Crippen molar-refractivity contribution in [2.75, 3.05) is 11.9 Å². The highest BCUT2D eigenvalue weighted by atomic mass is 32.2. The van der Waals surface area contributed by atoms with Crippen LogP contribution in [0.15, 0.2) is 58.4 Å². The number of amides is 1. The number of carbonyl (C=O) groups excluding carboxylic acids is 1. The van der Waals surface area contributed by atoms with E-state index in [4.69, 9.17) is 12.2 Å². The van der Waals surface area contributed by atoms with Crippen LogP contribution in [0.1, 0.15) is 30.0 Å². The summed E-state index contributed by atoms with van der Waals surface area (Å²) in [6.07, 6.45) is 4.17. The van der Waals surface area contributed by atoms with E-state index in [0.29, 0.717) is 39.3 Å². The maximum absolute atomic E-state index is 13.2. The monoisotopic (exact) mass is 450 g/mol. The Balaban J connectivity index is 1.71. The van der Waals surface area contributed by atoms with Crippen LogP contribution in [-0.4, -0.2) is 31.1 Å². The van der Waals surface area contributed by atoms with Crippen molar-refractivity contribution in [2.45, 2.75) is 26.8 Å². The van der Waals surface area contributed by atoms with Gasteiger partial charge in [-0.2, -0.15) is 0 Å². The van der Waals surface area contributed by atoms with Gasteiger partial charge in [-0.1, -0.05) is 66.8 Å². The summed E-state index contributed by atoms with van der Waals surface area (Å²) in [5.74, 6) is 0.274. The Bertz CT molecular complexity index is 1250. The molecule has 0 spiro atoms. The van der Waals surface area contributed by atoms with Gasteiger partial charge in [-0.15, -0.1) is 0 Å². The van der Waals surface area contributed by atoms with E-state index in [1.54, 1.807) is 29.3 Å². The van der Waals surface area contributed by atoms with Gasteiger partial charge in [0.25, 0.3) is 11.5 Å². The molecule has 3 heterocycles. The van der Waals surface area contributed by atoms with Crippen LogP contribution in [0.5, 0.6) is 0 Å². The molecule has 1 amide bonds. The number of aromatic nitrogens is 2. The summed E-state index contributed by atoms with van der Waals surface area (Å²) >= 11 is 6.67. The van der Waals surface area contributed by atoms with Crippen LogP contribution in [0.3, 0.4) is 0 Å². The predicted octanol–water partition coefficient (Wildman–Crippen LogP) is 4.23. The van der Waals surface area contributed by atoms with Crippen molar-refractivity contribution in [3.63, 3.8) is 0 Å². The Morgan fingerprint density at radius 1 is 1.16 bits per heavy atom. The minimum atomic E-state index is -0.229. The topological polar surface area (TPSA) is 66.7 Å². The first-order valence-corrected chi connectivity index (χ1v) is 11.3. The highest BCUT2D eigenvalue weighted by molar-refractivity contribution is 8.26. The quantitative estimate of drug-likeness (QED) is 0.448. The van der Waals surface area contributed by atoms with Crippen molar-refractivity contribution in [3.8, 4) is 0 Å². The van der Waals surface area contributed by atoms with Gasteiger partial charge in [-0.05, 0) is 37.1 Å². The van der Waals surface area contributed by atoms with E-state index in [1.165, 1.54) is 16.2 Å². The molecule has 0 unspecified atom stereocenters. The first-order chi connectivity index (χ1) is 15.0. The maximum atomic E-state index is 13.2. The largest absolute Gasteiger partial charge is 0.369 e. The van der Waals surface area contributed by atoms with Gasteiger partial charge in [0.2, 0.25) is 0 Å². The zero-order valence-corrected chi connectivity index (χ0v) is 18.9. The lowest BCUT2D eigenvalue weighted by molar-refractivity contribution is -0.122. The molecule has 8 heteroatoms. The second kappa shape index (κ2) is 9.03. The summed E-state index contributed by atoms with van der Waals surface area (Å²) in [7, 11) is 0. The molecule has 1 fully saturated rings. The molecule has 0 atom stereocenters. The van der Waals surface area contributed by atoms with Crippen LogP contribution in [0.25, 0.3) is 11.7 Å². The molecular formula is C23H22N4O2S2. The van der Waals surface area contributed by atoms with E-state index in [0.717, 1.165) is 17.5 Å². The molecule has 3 aromatic rings. The van der Waals surface area contributed by atoms with Gasteiger partial charge in [0.1, 0.15) is 15.8 Å². The fourth-order valence-electron chi connectivity index (χ4n) is 3.25. The molecule has 31 heavy (non-hydrogen) atoms. The van der Waals surface area contributed by atoms with Gasteiger partial charge in [-0.3, -0.25) is 18.9 Å². The smallest absolute Gasteiger partial charge is 0.267 e. The summed E-state index contributed by atoms with van der Waals surface area (Å²) in [5.41, 5.74) is 2.84. The SMILES string of the molecule is CCCNc1nc2ccccn2c(=O)c1C=C1SC(=S)N(Cc2ccc(C)cc2)C1=O. The Labute approximate surface area is 190 Å². The second-order valence-corrected chi connectivity index (χ2v) is 8.96. The number of thiocarbonyl (C=S) groups is 1. The number of hydrogen-bond acceptors (Lipinski definition) is 6. The number of anilines is 1. The highest BCUT2D eigenvalue weighted by Crippen LogP contribution is 2.34. The molecule has 0 saturated carbocycles. The Morgan fingerprint density at radius 3 is 2.68 bits per heavy atom. The first kappa shape index (κ1) is 21.3. The predicted molar refractivity (Wildman–Crippen MR) is 130 cm³/mol. The molecule has 0 radical (unpaired) electrons. The molecule has 1 N–H and O–H groups in total. The summed E-state index contributed by atoms with van der Waals surface area (Å²) in [6.45, 7) is 5.13. The number of aryl methyl sites for hydroxylation is 1. The number of benzene rings is 1. The standard InChI is InChI=1S/C23H22N4O2S2/c1-3-11-24-20-17(21(28)26-12-5-4-6-19(26)25-20)13-18-22(29)27(23(30)31-18)14-16-9-7-15(2)8-10-16/h4-10,12-13,24H,3,11,14H2,1-2H3. The van der Waals surface area contributed by atoms with Crippen LogP contribution in [-0.2, 0) is 11.3 Å². The molecule has 1 aliphatic rings. The normalized spacial score (nSPS) is 15.3. The average Bonchev–Trinajstić information content (AvgIpc) is 3.03. The molecule has 4 rings (SSSR count). The molecule has 1 aliphatic heterocycles. The van der Waals surface area contributed by atoms with E-state index < -0.39 is 0 Å². The van der Waals surface area contributed by atoms with Crippen LogP contribution >= 0.6 is 24.0 Å². The van der Waals surface area contributed by atoms with Crippen molar-refractivity contribution in [1.29, 1.82) is 0 Å². The van der Waals surface area contributed by atoms with Gasteiger partial charge in [0.15, 0.2) is 0 Å². The molecule has 0 aliphatic carbocycles. The lowest BCUT2D eigenvalue weighted by atomic mass is 10.1. The Hall–Kier alpha value is -2.97. The first-order valence-electron chi connectivity index (χ1n) is 10.0. The maximum Gasteiger partial charge on any atom is 0.267 e. The van der Waals surface area contributed by atoms with Gasteiger partial charge in [0, 0.05) is 12.7 Å². The highest BCUT2D eigenvalue weighted by Gasteiger charge is 2.32. The van der Waals surface area contributed by atoms with Gasteiger partial charge in [0.05, 0.1) is 17.0 Å². The minimum absolute atomic E-state index is 0.199. The third kappa shape index (κ3) is 4.40. The zero-order valence-electron chi connectivity index (χ0n) is 17.3. The van der Waals surface area contributed by atoms with Crippen LogP contribution < -0.4 is 10.9 Å². The van der Waals surface area contributed by atoms with Crippen molar-refractivity contribution in [2.24, 2.45) is 0 Å². The number of carbonyl (C=O) groups is 1. The fourth-order valence-corrected chi connectivity index (χ4v) is 4.49. The number of rotatable bonds is 6. The van der Waals surface area contributed by atoms with Crippen molar-refractivity contribution >= 4 is 51.7 Å². The Kier molecular flexibility index (Phi) is 6.20. The third-order valence-electron chi connectivity index (χ3n) is 4.92. The van der Waals surface area contributed by atoms with Gasteiger partial charge >= 0.3 is 0 Å². The van der Waals surface area contributed by atoms with Crippen molar-refractivity contribution < 1.29 is 4.79 Å². The average molecular weight is 451 g/mol. The molecule has 1 aromatic carbocycles. The summed E-state index contributed by atoms with van der Waals surface area (Å²) < 4.78 is 1.96. The molecule has 6 nitrogen and oxygen atoms in total. The number of nitrogens with one attached hydrogen (secondary N) is 1. The molecule has 2 aromatic heterocycles. The lowest BCUT2D eigenvalue weighted by Gasteiger charge is -2.14. The van der Waals surface area contributed by atoms with Crippen molar-refractivity contribution in [3.05, 3.63) is 80.6 Å². The number of thioether (sulfide) groups is 1. The van der Waals surface area contributed by atoms with E-state index in [9.17, 15) is 9.59 Å². The number of fused-ring (bicyclic) bond motifs is 1. The van der Waals surface area contributed by atoms with Crippen LogP contribution in [0.2, 0.25) is 0 Å². The minimum Gasteiger partial charge on any atom is -0.369 e. The number of pyridine rings is 1. The van der Waals surface area contributed by atoms with Crippen LogP contribution in [0, 0.1) is 6.92 Å². The summed E-state index contributed by atoms with van der Waals surface area (Å²) in [5, 5.41) is 3.22. The summed E-state index contributed by atoms with van der Waals surface area (Å²) in [6, 6.07) is 13.4. The van der Waals surface area contributed by atoms with Crippen molar-refractivity contribution in [1.82, 2.24) is 14.3 Å². The molecule has 158 valence electrons. The third-order valence-corrected chi connectivity index (χ3v) is 6.30. The number of hydrogen-bond donors (Lipinski definition) is 1. The van der Waals surface area contributed by atoms with E-state index in [-0.39, 0.29) is 11.5 Å². The second-order valence-electron chi connectivity index (χ2n) is 7.29. The molecular weight excluding hydrogens is 428 g/mol. The van der Waals surface area contributed by atoms with E-state index in [1.807, 2.05) is 44.2 Å². The Morgan fingerprint density at radius 2 is 1.94 bits per heavy atom. The van der Waals surface area contributed by atoms with Gasteiger partial charge < -0.3 is 5.32 Å².